The lowest BCUT2D eigenvalue weighted by Gasteiger charge is -2.39. The van der Waals surface area contributed by atoms with Crippen molar-refractivity contribution in [3.05, 3.63) is 33.8 Å². The third-order valence-electron chi connectivity index (χ3n) is 4.43. The van der Waals surface area contributed by atoms with Crippen LogP contribution >= 0.6 is 15.9 Å². The second-order valence-electron chi connectivity index (χ2n) is 5.84. The van der Waals surface area contributed by atoms with E-state index in [-0.39, 0.29) is 6.10 Å². The second kappa shape index (κ2) is 5.18. The Morgan fingerprint density at radius 2 is 2.29 bits per heavy atom. The quantitative estimate of drug-likeness (QED) is 0.724. The number of guanidine groups is 1. The molecule has 1 fully saturated rings. The average Bonchev–Trinajstić information content (AvgIpc) is 2.83. The summed E-state index contributed by atoms with van der Waals surface area (Å²) in [6.45, 7) is 3.23. The molecular formula is C15H18BrN3O2. The van der Waals surface area contributed by atoms with Crippen LogP contribution in [0.1, 0.15) is 19.3 Å². The molecule has 5 nitrogen and oxygen atoms in total. The van der Waals surface area contributed by atoms with E-state index in [1.807, 2.05) is 6.20 Å². The molecule has 1 N–H and O–H groups in total. The van der Waals surface area contributed by atoms with Crippen LogP contribution in [0.5, 0.6) is 0 Å². The van der Waals surface area contributed by atoms with E-state index in [9.17, 15) is 5.11 Å². The number of rotatable bonds is 0. The first-order valence-corrected chi connectivity index (χ1v) is 8.22. The summed E-state index contributed by atoms with van der Waals surface area (Å²) in [5.41, 5.74) is 3.67. The maximum absolute atomic E-state index is 9.92. The van der Waals surface area contributed by atoms with E-state index in [2.05, 4.69) is 30.7 Å². The van der Waals surface area contributed by atoms with Crippen LogP contribution in [-0.4, -0.2) is 53.2 Å². The summed E-state index contributed by atoms with van der Waals surface area (Å²) < 4.78 is 6.53. The minimum Gasteiger partial charge on any atom is -0.496 e. The molecule has 4 aliphatic heterocycles. The maximum atomic E-state index is 9.92. The van der Waals surface area contributed by atoms with E-state index < -0.39 is 0 Å². The van der Waals surface area contributed by atoms with Crippen LogP contribution in [0.25, 0.3) is 0 Å². The van der Waals surface area contributed by atoms with Gasteiger partial charge in [0, 0.05) is 31.4 Å². The Hall–Kier alpha value is -1.27. The smallest absolute Gasteiger partial charge is 0.205 e. The van der Waals surface area contributed by atoms with E-state index in [0.29, 0.717) is 13.2 Å². The van der Waals surface area contributed by atoms with Crippen molar-refractivity contribution < 1.29 is 9.84 Å². The molecule has 1 saturated heterocycles. The van der Waals surface area contributed by atoms with Crippen molar-refractivity contribution in [2.45, 2.75) is 25.4 Å². The summed E-state index contributed by atoms with van der Waals surface area (Å²) in [4.78, 5) is 9.17. The molecule has 0 aromatic heterocycles. The Labute approximate surface area is 132 Å². The number of β-amino-alcohol motifs (C(OH)–C–C–N with tert-alkyl or cyclic N) is 1. The number of hydrogen-bond donors (Lipinski definition) is 1. The van der Waals surface area contributed by atoms with Crippen molar-refractivity contribution in [2.24, 2.45) is 4.99 Å². The first-order valence-electron chi connectivity index (χ1n) is 7.42. The summed E-state index contributed by atoms with van der Waals surface area (Å²) in [7, 11) is 0. The number of aliphatic imine (C=N–C) groups is 1. The van der Waals surface area contributed by atoms with Gasteiger partial charge in [-0.05, 0) is 40.8 Å². The number of ether oxygens (including phenoxy) is 1. The normalized spacial score (nSPS) is 28.5. The molecule has 6 heteroatoms. The molecule has 4 heterocycles. The molecule has 0 aromatic rings. The van der Waals surface area contributed by atoms with E-state index in [1.54, 1.807) is 6.26 Å². The molecule has 21 heavy (non-hydrogen) atoms. The Morgan fingerprint density at radius 1 is 1.38 bits per heavy atom. The lowest BCUT2D eigenvalue weighted by atomic mass is 10.1. The number of allylic oxidation sites excluding steroid dienone is 1. The van der Waals surface area contributed by atoms with Crippen LogP contribution in [-0.2, 0) is 4.74 Å². The molecule has 0 aliphatic carbocycles. The van der Waals surface area contributed by atoms with Crippen molar-refractivity contribution in [1.29, 1.82) is 0 Å². The molecule has 0 aromatic carbocycles. The SMILES string of the molecule is OC1CCCN(C2=NC=C3C(Br)=COCC4=C3N2CC4)C1. The van der Waals surface area contributed by atoms with E-state index in [1.165, 1.54) is 11.3 Å². The molecule has 0 spiro atoms. The zero-order valence-corrected chi connectivity index (χ0v) is 13.3. The number of halogens is 1. The molecule has 1 unspecified atom stereocenters. The number of nitrogens with zero attached hydrogens (tertiary/aromatic N) is 3. The van der Waals surface area contributed by atoms with Crippen LogP contribution in [0.4, 0.5) is 0 Å². The maximum Gasteiger partial charge on any atom is 0.205 e. The third kappa shape index (κ3) is 2.21. The minimum atomic E-state index is -0.244. The fraction of sp³-hybridized carbons (Fsp3) is 0.533. The zero-order chi connectivity index (χ0) is 14.4. The van der Waals surface area contributed by atoms with Crippen molar-refractivity contribution >= 4 is 21.9 Å². The highest BCUT2D eigenvalue weighted by Crippen LogP contribution is 2.39. The number of piperidine rings is 1. The summed E-state index contributed by atoms with van der Waals surface area (Å²) in [5.74, 6) is 0.977. The average molecular weight is 352 g/mol. The summed E-state index contributed by atoms with van der Waals surface area (Å²) >= 11 is 3.57. The van der Waals surface area contributed by atoms with Gasteiger partial charge in [0.2, 0.25) is 5.96 Å². The second-order valence-corrected chi connectivity index (χ2v) is 6.70. The number of likely N-dealkylation sites (tertiary alicyclic amines) is 1. The van der Waals surface area contributed by atoms with Gasteiger partial charge in [-0.2, -0.15) is 0 Å². The molecular weight excluding hydrogens is 334 g/mol. The predicted octanol–water partition coefficient (Wildman–Crippen LogP) is 1.92. The lowest BCUT2D eigenvalue weighted by molar-refractivity contribution is 0.0979. The Morgan fingerprint density at radius 3 is 3.14 bits per heavy atom. The predicted molar refractivity (Wildman–Crippen MR) is 83.6 cm³/mol. The van der Waals surface area contributed by atoms with Gasteiger partial charge in [0.15, 0.2) is 0 Å². The zero-order valence-electron chi connectivity index (χ0n) is 11.8. The summed E-state index contributed by atoms with van der Waals surface area (Å²) in [5, 5.41) is 9.92. The van der Waals surface area contributed by atoms with Gasteiger partial charge in [0.25, 0.3) is 0 Å². The summed E-state index contributed by atoms with van der Waals surface area (Å²) in [6, 6.07) is 0. The van der Waals surface area contributed by atoms with Gasteiger partial charge in [0.1, 0.15) is 6.61 Å². The van der Waals surface area contributed by atoms with Crippen molar-refractivity contribution in [3.8, 4) is 0 Å². The monoisotopic (exact) mass is 351 g/mol. The van der Waals surface area contributed by atoms with Gasteiger partial charge in [0.05, 0.1) is 22.5 Å². The summed E-state index contributed by atoms with van der Waals surface area (Å²) in [6.07, 6.45) is 6.35. The molecule has 0 amide bonds. The van der Waals surface area contributed by atoms with Crippen molar-refractivity contribution in [1.82, 2.24) is 9.80 Å². The number of aliphatic hydroxyl groups is 1. The Kier molecular flexibility index (Phi) is 3.30. The van der Waals surface area contributed by atoms with Gasteiger partial charge in [-0.1, -0.05) is 0 Å². The standard InChI is InChI=1S/C15H18BrN3O2/c16-13-9-21-8-10-3-5-19-14(10)12(13)6-17-15(19)18-4-1-2-11(20)7-18/h6,9,11,20H,1-5,7-8H2. The highest BCUT2D eigenvalue weighted by atomic mass is 79.9. The van der Waals surface area contributed by atoms with Crippen molar-refractivity contribution in [2.75, 3.05) is 26.2 Å². The largest absolute Gasteiger partial charge is 0.496 e. The van der Waals surface area contributed by atoms with Crippen LogP contribution < -0.4 is 0 Å². The van der Waals surface area contributed by atoms with Crippen LogP contribution in [0, 0.1) is 0 Å². The fourth-order valence-electron chi connectivity index (χ4n) is 3.44. The molecule has 0 bridgehead atoms. The van der Waals surface area contributed by atoms with E-state index in [4.69, 9.17) is 4.74 Å². The fourth-order valence-corrected chi connectivity index (χ4v) is 3.86. The highest BCUT2D eigenvalue weighted by Gasteiger charge is 2.36. The Balaban J connectivity index is 1.72. The first kappa shape index (κ1) is 13.4. The third-order valence-corrected chi connectivity index (χ3v) is 5.04. The minimum absolute atomic E-state index is 0.244. The van der Waals surface area contributed by atoms with Gasteiger partial charge in [-0.25, -0.2) is 4.99 Å². The number of hydrogen-bond acceptors (Lipinski definition) is 5. The van der Waals surface area contributed by atoms with Gasteiger partial charge >= 0.3 is 0 Å². The van der Waals surface area contributed by atoms with E-state index in [0.717, 1.165) is 48.4 Å². The topological polar surface area (TPSA) is 48.3 Å². The van der Waals surface area contributed by atoms with Gasteiger partial charge in [-0.3, -0.25) is 0 Å². The molecule has 4 aliphatic rings. The molecule has 0 saturated carbocycles. The highest BCUT2D eigenvalue weighted by molar-refractivity contribution is 9.12. The molecule has 1 atom stereocenters. The van der Waals surface area contributed by atoms with Gasteiger partial charge in [-0.15, -0.1) is 0 Å². The van der Waals surface area contributed by atoms with Gasteiger partial charge < -0.3 is 19.6 Å². The molecule has 0 radical (unpaired) electrons. The lowest BCUT2D eigenvalue weighted by Crippen LogP contribution is -2.49. The van der Waals surface area contributed by atoms with Crippen LogP contribution in [0.15, 0.2) is 38.8 Å². The van der Waals surface area contributed by atoms with E-state index >= 15 is 0 Å². The molecule has 112 valence electrons. The van der Waals surface area contributed by atoms with Crippen LogP contribution in [0.3, 0.4) is 0 Å². The first-order chi connectivity index (χ1) is 10.2. The Bertz CT molecular complexity index is 594. The van der Waals surface area contributed by atoms with Crippen molar-refractivity contribution in [3.63, 3.8) is 0 Å². The number of aliphatic hydroxyl groups excluding tert-OH is 1. The molecule has 4 rings (SSSR count). The van der Waals surface area contributed by atoms with Crippen LogP contribution in [0.2, 0.25) is 0 Å².